The Morgan fingerprint density at radius 3 is 2.88 bits per heavy atom. The molecule has 1 amide bonds. The second-order valence-electron chi connectivity index (χ2n) is 2.88. The fourth-order valence-corrected chi connectivity index (χ4v) is 1.12. The molecule has 1 aromatic heterocycles. The average Bonchev–Trinajstić information content (AvgIpc) is 2.19. The first-order valence-electron chi connectivity index (χ1n) is 4.33. The Balaban J connectivity index is 2.82. The number of nitrogens with zero attached hydrogens (tertiary/aromatic N) is 2. The Morgan fingerprint density at radius 2 is 2.31 bits per heavy atom. The van der Waals surface area contributed by atoms with Crippen molar-refractivity contribution < 1.29 is 14.8 Å². The van der Waals surface area contributed by atoms with Crippen molar-refractivity contribution in [2.45, 2.75) is 6.54 Å². The molecule has 0 saturated heterocycles. The van der Waals surface area contributed by atoms with Crippen molar-refractivity contribution in [1.29, 1.82) is 0 Å². The topological polar surface area (TPSA) is 114 Å². The first kappa shape index (κ1) is 11.7. The molecule has 0 spiro atoms. The van der Waals surface area contributed by atoms with Gasteiger partial charge in [-0.1, -0.05) is 0 Å². The molecule has 8 heteroatoms. The van der Waals surface area contributed by atoms with Crippen LogP contribution in [-0.4, -0.2) is 27.2 Å². The van der Waals surface area contributed by atoms with Crippen molar-refractivity contribution >= 4 is 11.8 Å². The van der Waals surface area contributed by atoms with E-state index in [1.54, 1.807) is 0 Å². The van der Waals surface area contributed by atoms with Gasteiger partial charge in [-0.25, -0.2) is 4.79 Å². The number of hydrogen-bond acceptors (Lipinski definition) is 4. The number of amides is 1. The van der Waals surface area contributed by atoms with E-state index in [9.17, 15) is 19.7 Å². The predicted molar refractivity (Wildman–Crippen MR) is 53.4 cm³/mol. The van der Waals surface area contributed by atoms with Gasteiger partial charge in [0.1, 0.15) is 0 Å². The summed E-state index contributed by atoms with van der Waals surface area (Å²) in [6.07, 6.45) is 0.150. The molecule has 16 heavy (non-hydrogen) atoms. The Labute approximate surface area is 89.3 Å². The predicted octanol–water partition coefficient (Wildman–Crippen LogP) is 0.0241. The molecule has 8 nitrogen and oxygen atoms in total. The summed E-state index contributed by atoms with van der Waals surface area (Å²) in [4.78, 5) is 31.2. The van der Waals surface area contributed by atoms with Gasteiger partial charge in [-0.05, 0) is 6.07 Å². The van der Waals surface area contributed by atoms with Gasteiger partial charge in [0.2, 0.25) is 0 Å². The van der Waals surface area contributed by atoms with Crippen molar-refractivity contribution in [2.75, 3.05) is 6.54 Å². The fraction of sp³-hybridized carbons (Fsp3) is 0.250. The van der Waals surface area contributed by atoms with E-state index >= 15 is 0 Å². The van der Waals surface area contributed by atoms with Crippen molar-refractivity contribution in [3.63, 3.8) is 0 Å². The van der Waals surface area contributed by atoms with Crippen molar-refractivity contribution in [1.82, 2.24) is 9.88 Å². The average molecular weight is 227 g/mol. The minimum atomic E-state index is -1.21. The van der Waals surface area contributed by atoms with Crippen molar-refractivity contribution in [2.24, 2.45) is 0 Å². The lowest BCUT2D eigenvalue weighted by atomic mass is 10.4. The molecule has 0 fully saturated rings. The lowest BCUT2D eigenvalue weighted by molar-refractivity contribution is -0.386. The van der Waals surface area contributed by atoms with E-state index in [1.807, 2.05) is 0 Å². The second kappa shape index (κ2) is 4.91. The van der Waals surface area contributed by atoms with Crippen LogP contribution in [0.4, 0.5) is 10.5 Å². The molecule has 0 aliphatic heterocycles. The van der Waals surface area contributed by atoms with Gasteiger partial charge in [0.05, 0.1) is 4.92 Å². The maximum Gasteiger partial charge on any atom is 0.404 e. The van der Waals surface area contributed by atoms with Crippen molar-refractivity contribution in [3.05, 3.63) is 38.8 Å². The summed E-state index contributed by atoms with van der Waals surface area (Å²) in [5, 5.41) is 20.8. The summed E-state index contributed by atoms with van der Waals surface area (Å²) in [5.41, 5.74) is -1.28. The highest BCUT2D eigenvalue weighted by atomic mass is 16.6. The fourth-order valence-electron chi connectivity index (χ4n) is 1.12. The first-order valence-corrected chi connectivity index (χ1v) is 4.33. The first-order chi connectivity index (χ1) is 7.52. The SMILES string of the molecule is O=C(O)NCCn1cccc([N+](=O)[O-])c1=O. The monoisotopic (exact) mass is 227 g/mol. The zero-order valence-corrected chi connectivity index (χ0v) is 8.12. The van der Waals surface area contributed by atoms with Crippen LogP contribution >= 0.6 is 0 Å². The zero-order chi connectivity index (χ0) is 12.1. The molecule has 0 saturated carbocycles. The lowest BCUT2D eigenvalue weighted by Gasteiger charge is -2.04. The molecule has 0 aromatic carbocycles. The summed E-state index contributed by atoms with van der Waals surface area (Å²) in [6, 6.07) is 2.46. The summed E-state index contributed by atoms with van der Waals surface area (Å²) in [5.74, 6) is 0. The third kappa shape index (κ3) is 2.80. The highest BCUT2D eigenvalue weighted by Gasteiger charge is 2.12. The highest BCUT2D eigenvalue weighted by Crippen LogP contribution is 2.01. The van der Waals surface area contributed by atoms with Crippen LogP contribution < -0.4 is 10.9 Å². The number of nitrogens with one attached hydrogen (secondary N) is 1. The second-order valence-corrected chi connectivity index (χ2v) is 2.88. The quantitative estimate of drug-likeness (QED) is 0.556. The Kier molecular flexibility index (Phi) is 3.59. The van der Waals surface area contributed by atoms with Gasteiger partial charge < -0.3 is 15.0 Å². The Bertz CT molecular complexity index is 467. The standard InChI is InChI=1S/C8H9N3O5/c12-7-6(11(15)16)2-1-4-10(7)5-3-9-8(13)14/h1-2,4,9H,3,5H2,(H,13,14). The molecule has 0 radical (unpaired) electrons. The van der Waals surface area contributed by atoms with Crippen LogP contribution in [0.2, 0.25) is 0 Å². The van der Waals surface area contributed by atoms with Gasteiger partial charge >= 0.3 is 17.3 Å². The van der Waals surface area contributed by atoms with E-state index in [0.717, 1.165) is 10.6 Å². The smallest absolute Gasteiger partial charge is 0.404 e. The van der Waals surface area contributed by atoms with Gasteiger partial charge in [0.15, 0.2) is 0 Å². The van der Waals surface area contributed by atoms with Crippen LogP contribution in [0.3, 0.4) is 0 Å². The zero-order valence-electron chi connectivity index (χ0n) is 8.12. The largest absolute Gasteiger partial charge is 0.465 e. The number of nitro groups is 1. The summed E-state index contributed by atoms with van der Waals surface area (Å²) in [6.45, 7) is 0.0588. The minimum absolute atomic E-state index is 0.0103. The molecule has 0 aliphatic carbocycles. The maximum atomic E-state index is 11.4. The third-order valence-electron chi connectivity index (χ3n) is 1.83. The van der Waals surface area contributed by atoms with Crippen LogP contribution in [-0.2, 0) is 6.54 Å². The molecule has 1 rings (SSSR count). The third-order valence-corrected chi connectivity index (χ3v) is 1.83. The molecular weight excluding hydrogens is 218 g/mol. The summed E-state index contributed by atoms with van der Waals surface area (Å²) >= 11 is 0. The molecule has 0 atom stereocenters. The van der Waals surface area contributed by atoms with Crippen molar-refractivity contribution in [3.8, 4) is 0 Å². The molecule has 2 N–H and O–H groups in total. The molecular formula is C8H9N3O5. The number of rotatable bonds is 4. The highest BCUT2D eigenvalue weighted by molar-refractivity contribution is 5.64. The van der Waals surface area contributed by atoms with Gasteiger partial charge in [-0.2, -0.15) is 0 Å². The number of carbonyl (C=O) groups is 1. The lowest BCUT2D eigenvalue weighted by Crippen LogP contribution is -2.30. The van der Waals surface area contributed by atoms with E-state index in [1.165, 1.54) is 12.3 Å². The summed E-state index contributed by atoms with van der Waals surface area (Å²) < 4.78 is 1.08. The van der Waals surface area contributed by atoms with Crippen LogP contribution in [0, 0.1) is 10.1 Å². The molecule has 1 heterocycles. The molecule has 1 aromatic rings. The minimum Gasteiger partial charge on any atom is -0.465 e. The molecule has 0 unspecified atom stereocenters. The summed E-state index contributed by atoms with van der Waals surface area (Å²) in [7, 11) is 0. The van der Waals surface area contributed by atoms with Gasteiger partial charge in [-0.15, -0.1) is 0 Å². The van der Waals surface area contributed by atoms with E-state index in [2.05, 4.69) is 5.32 Å². The van der Waals surface area contributed by atoms with E-state index in [-0.39, 0.29) is 13.1 Å². The van der Waals surface area contributed by atoms with E-state index in [4.69, 9.17) is 5.11 Å². The van der Waals surface area contributed by atoms with Crippen LogP contribution in [0.15, 0.2) is 23.1 Å². The van der Waals surface area contributed by atoms with E-state index < -0.39 is 22.3 Å². The number of aromatic nitrogens is 1. The van der Waals surface area contributed by atoms with E-state index in [0.29, 0.717) is 0 Å². The number of hydrogen-bond donors (Lipinski definition) is 2. The van der Waals surface area contributed by atoms with Gasteiger partial charge in [-0.3, -0.25) is 14.9 Å². The van der Waals surface area contributed by atoms with Crippen LogP contribution in [0.25, 0.3) is 0 Å². The molecule has 0 aliphatic rings. The van der Waals surface area contributed by atoms with Crippen LogP contribution in [0.1, 0.15) is 0 Å². The number of pyridine rings is 1. The normalized spacial score (nSPS) is 9.75. The number of carboxylic acid groups (broad SMARTS) is 1. The Morgan fingerprint density at radius 1 is 1.62 bits per heavy atom. The van der Waals surface area contributed by atoms with Gasteiger partial charge in [0, 0.05) is 25.4 Å². The van der Waals surface area contributed by atoms with Gasteiger partial charge in [0.25, 0.3) is 0 Å². The van der Waals surface area contributed by atoms with Crippen LogP contribution in [0.5, 0.6) is 0 Å². The molecule has 0 bridgehead atoms. The molecule has 86 valence electrons. The maximum absolute atomic E-state index is 11.4. The Hall–Kier alpha value is -2.38.